The second-order valence-electron chi connectivity index (χ2n) is 6.71. The number of halogens is 1. The van der Waals surface area contributed by atoms with E-state index in [0.717, 1.165) is 11.3 Å². The molecule has 3 rings (SSSR count). The van der Waals surface area contributed by atoms with Gasteiger partial charge in [0.15, 0.2) is 6.61 Å². The van der Waals surface area contributed by atoms with E-state index in [0.29, 0.717) is 43.3 Å². The molecule has 0 spiro atoms. The van der Waals surface area contributed by atoms with Crippen LogP contribution in [0.2, 0.25) is 0 Å². The average molecular weight is 435 g/mol. The van der Waals surface area contributed by atoms with Gasteiger partial charge < -0.3 is 24.4 Å². The van der Waals surface area contributed by atoms with Gasteiger partial charge in [0.25, 0.3) is 5.91 Å². The molecule has 0 saturated carbocycles. The van der Waals surface area contributed by atoms with Crippen LogP contribution in [0.1, 0.15) is 22.8 Å². The lowest BCUT2D eigenvalue weighted by Gasteiger charge is -2.30. The zero-order valence-electron chi connectivity index (χ0n) is 17.2. The predicted octanol–water partition coefficient (Wildman–Crippen LogP) is 3.45. The highest BCUT2D eigenvalue weighted by Crippen LogP contribution is 2.26. The van der Waals surface area contributed by atoms with Gasteiger partial charge in [-0.15, -0.1) is 12.4 Å². The first-order valence-electron chi connectivity index (χ1n) is 9.70. The van der Waals surface area contributed by atoms with Crippen LogP contribution in [-0.4, -0.2) is 51.4 Å². The van der Waals surface area contributed by atoms with Gasteiger partial charge in [-0.05, 0) is 49.7 Å². The van der Waals surface area contributed by atoms with Gasteiger partial charge in [0.1, 0.15) is 5.75 Å². The Morgan fingerprint density at radius 1 is 1.13 bits per heavy atom. The summed E-state index contributed by atoms with van der Waals surface area (Å²) in [6, 6.07) is 12.7. The molecule has 0 bridgehead atoms. The number of esters is 1. The Morgan fingerprint density at radius 3 is 2.60 bits per heavy atom. The summed E-state index contributed by atoms with van der Waals surface area (Å²) in [6.07, 6.45) is 0. The SMILES string of the molecule is CCOC(=O)c1cc(NC(=O)COc2cccc(C)c2)ccc1N1CCOCC1.Cl. The lowest BCUT2D eigenvalue weighted by Crippen LogP contribution is -2.37. The summed E-state index contributed by atoms with van der Waals surface area (Å²) in [5.74, 6) is -0.0865. The number of carbonyl (C=O) groups is 2. The number of nitrogens with one attached hydrogen (secondary N) is 1. The van der Waals surface area contributed by atoms with E-state index in [9.17, 15) is 9.59 Å². The first kappa shape index (κ1) is 23.5. The van der Waals surface area contributed by atoms with Crippen molar-refractivity contribution in [2.75, 3.05) is 49.7 Å². The number of ether oxygens (including phenoxy) is 3. The number of amides is 1. The van der Waals surface area contributed by atoms with E-state index in [-0.39, 0.29) is 31.5 Å². The lowest BCUT2D eigenvalue weighted by molar-refractivity contribution is -0.118. The molecule has 8 heteroatoms. The number of hydrogen-bond donors (Lipinski definition) is 1. The Kier molecular flexibility index (Phi) is 8.95. The van der Waals surface area contributed by atoms with E-state index in [1.165, 1.54) is 0 Å². The highest BCUT2D eigenvalue weighted by molar-refractivity contribution is 5.99. The van der Waals surface area contributed by atoms with Crippen molar-refractivity contribution < 1.29 is 23.8 Å². The maximum atomic E-state index is 12.5. The Labute approximate surface area is 182 Å². The van der Waals surface area contributed by atoms with Crippen molar-refractivity contribution in [2.24, 2.45) is 0 Å². The van der Waals surface area contributed by atoms with Crippen molar-refractivity contribution in [1.29, 1.82) is 0 Å². The van der Waals surface area contributed by atoms with Crippen molar-refractivity contribution in [3.05, 3.63) is 53.6 Å². The number of anilines is 2. The fourth-order valence-electron chi connectivity index (χ4n) is 3.12. The first-order valence-corrected chi connectivity index (χ1v) is 9.70. The van der Waals surface area contributed by atoms with Crippen molar-refractivity contribution in [3.63, 3.8) is 0 Å². The van der Waals surface area contributed by atoms with Crippen LogP contribution < -0.4 is 15.0 Å². The monoisotopic (exact) mass is 434 g/mol. The van der Waals surface area contributed by atoms with Crippen LogP contribution >= 0.6 is 12.4 Å². The zero-order valence-corrected chi connectivity index (χ0v) is 18.0. The van der Waals surface area contributed by atoms with E-state index in [2.05, 4.69) is 10.2 Å². The molecule has 0 unspecified atom stereocenters. The molecular formula is C22H27ClN2O5. The fourth-order valence-corrected chi connectivity index (χ4v) is 3.12. The number of morpholine rings is 1. The maximum Gasteiger partial charge on any atom is 0.340 e. The van der Waals surface area contributed by atoms with Gasteiger partial charge in [0.05, 0.1) is 31.1 Å². The van der Waals surface area contributed by atoms with Crippen molar-refractivity contribution in [2.45, 2.75) is 13.8 Å². The predicted molar refractivity (Wildman–Crippen MR) is 118 cm³/mol. The molecule has 7 nitrogen and oxygen atoms in total. The van der Waals surface area contributed by atoms with E-state index in [1.807, 2.05) is 31.2 Å². The van der Waals surface area contributed by atoms with Crippen molar-refractivity contribution in [1.82, 2.24) is 0 Å². The minimum Gasteiger partial charge on any atom is -0.484 e. The van der Waals surface area contributed by atoms with Crippen LogP contribution in [0.15, 0.2) is 42.5 Å². The molecule has 0 atom stereocenters. The normalized spacial score (nSPS) is 13.2. The second-order valence-corrected chi connectivity index (χ2v) is 6.71. The summed E-state index contributed by atoms with van der Waals surface area (Å²) < 4.78 is 16.1. The molecule has 1 heterocycles. The Bertz CT molecular complexity index is 868. The van der Waals surface area contributed by atoms with Crippen LogP contribution in [0.5, 0.6) is 5.75 Å². The molecular weight excluding hydrogens is 408 g/mol. The van der Waals surface area contributed by atoms with Gasteiger partial charge >= 0.3 is 5.97 Å². The minimum absolute atomic E-state index is 0. The number of carbonyl (C=O) groups excluding carboxylic acids is 2. The number of rotatable bonds is 7. The highest BCUT2D eigenvalue weighted by atomic mass is 35.5. The molecule has 30 heavy (non-hydrogen) atoms. The van der Waals surface area contributed by atoms with Crippen LogP contribution in [0, 0.1) is 6.92 Å². The highest BCUT2D eigenvalue weighted by Gasteiger charge is 2.20. The Morgan fingerprint density at radius 2 is 1.90 bits per heavy atom. The van der Waals surface area contributed by atoms with Gasteiger partial charge in [-0.1, -0.05) is 12.1 Å². The summed E-state index contributed by atoms with van der Waals surface area (Å²) in [6.45, 7) is 6.49. The minimum atomic E-state index is -0.416. The van der Waals surface area contributed by atoms with Crippen LogP contribution in [-0.2, 0) is 14.3 Å². The third-order valence-corrected chi connectivity index (χ3v) is 4.49. The molecule has 162 valence electrons. The van der Waals surface area contributed by atoms with Gasteiger partial charge in [-0.2, -0.15) is 0 Å². The summed E-state index contributed by atoms with van der Waals surface area (Å²) >= 11 is 0. The molecule has 1 saturated heterocycles. The Balaban J connectivity index is 0.00000320. The molecule has 2 aromatic rings. The molecule has 0 radical (unpaired) electrons. The van der Waals surface area contributed by atoms with Crippen LogP contribution in [0.25, 0.3) is 0 Å². The molecule has 1 aliphatic heterocycles. The molecule has 0 aromatic heterocycles. The summed E-state index contributed by atoms with van der Waals surface area (Å²) in [4.78, 5) is 26.8. The molecule has 1 aliphatic rings. The Hall–Kier alpha value is -2.77. The summed E-state index contributed by atoms with van der Waals surface area (Å²) in [5.41, 5.74) is 2.77. The quantitative estimate of drug-likeness (QED) is 0.672. The van der Waals surface area contributed by atoms with E-state index in [4.69, 9.17) is 14.2 Å². The summed E-state index contributed by atoms with van der Waals surface area (Å²) in [5, 5.41) is 2.78. The van der Waals surface area contributed by atoms with Gasteiger partial charge in [-0.25, -0.2) is 4.79 Å². The largest absolute Gasteiger partial charge is 0.484 e. The third-order valence-electron chi connectivity index (χ3n) is 4.49. The topological polar surface area (TPSA) is 77.1 Å². The molecule has 1 fully saturated rings. The van der Waals surface area contributed by atoms with Crippen molar-refractivity contribution in [3.8, 4) is 5.75 Å². The third kappa shape index (κ3) is 6.37. The number of hydrogen-bond acceptors (Lipinski definition) is 6. The van der Waals surface area contributed by atoms with E-state index >= 15 is 0 Å². The molecule has 1 N–H and O–H groups in total. The van der Waals surface area contributed by atoms with Gasteiger partial charge in [0, 0.05) is 18.8 Å². The molecule has 2 aromatic carbocycles. The zero-order chi connectivity index (χ0) is 20.6. The van der Waals surface area contributed by atoms with Crippen molar-refractivity contribution >= 4 is 35.7 Å². The smallest absolute Gasteiger partial charge is 0.340 e. The summed E-state index contributed by atoms with van der Waals surface area (Å²) in [7, 11) is 0. The molecule has 0 aliphatic carbocycles. The number of nitrogens with zero attached hydrogens (tertiary/aromatic N) is 1. The maximum absolute atomic E-state index is 12.5. The van der Waals surface area contributed by atoms with E-state index in [1.54, 1.807) is 25.1 Å². The second kappa shape index (κ2) is 11.4. The molecule has 1 amide bonds. The average Bonchev–Trinajstić information content (AvgIpc) is 2.73. The van der Waals surface area contributed by atoms with Gasteiger partial charge in [0.2, 0.25) is 0 Å². The van der Waals surface area contributed by atoms with Crippen LogP contribution in [0.4, 0.5) is 11.4 Å². The number of benzene rings is 2. The lowest BCUT2D eigenvalue weighted by atomic mass is 10.1. The van der Waals surface area contributed by atoms with E-state index < -0.39 is 5.97 Å². The van der Waals surface area contributed by atoms with Crippen LogP contribution in [0.3, 0.4) is 0 Å². The standard InChI is InChI=1S/C22H26N2O5.ClH/c1-3-28-22(26)19-14-17(7-8-20(19)24-9-11-27-12-10-24)23-21(25)15-29-18-6-4-5-16(2)13-18;/h4-8,13-14H,3,9-12,15H2,1-2H3,(H,23,25);1H. The fraction of sp³-hybridized carbons (Fsp3) is 0.364. The first-order chi connectivity index (χ1) is 14.1. The van der Waals surface area contributed by atoms with Gasteiger partial charge in [-0.3, -0.25) is 4.79 Å². The number of aryl methyl sites for hydroxylation is 1.